The van der Waals surface area contributed by atoms with Gasteiger partial charge >= 0.3 is 0 Å². The molecule has 0 radical (unpaired) electrons. The van der Waals surface area contributed by atoms with Gasteiger partial charge < -0.3 is 20.3 Å². The van der Waals surface area contributed by atoms with E-state index in [0.717, 1.165) is 43.8 Å². The maximum atomic E-state index is 5.68. The zero-order valence-electron chi connectivity index (χ0n) is 13.6. The van der Waals surface area contributed by atoms with Gasteiger partial charge in [0, 0.05) is 30.7 Å². The summed E-state index contributed by atoms with van der Waals surface area (Å²) in [5.41, 5.74) is 0. The Balaban J connectivity index is 0.00000144. The van der Waals surface area contributed by atoms with Gasteiger partial charge in [0.25, 0.3) is 0 Å². The lowest BCUT2D eigenvalue weighted by Crippen LogP contribution is -2.54. The van der Waals surface area contributed by atoms with E-state index in [4.69, 9.17) is 4.74 Å². The summed E-state index contributed by atoms with van der Waals surface area (Å²) in [6, 6.07) is 3.02. The van der Waals surface area contributed by atoms with Crippen LogP contribution in [-0.4, -0.2) is 61.9 Å². The summed E-state index contributed by atoms with van der Waals surface area (Å²) >= 11 is 0. The van der Waals surface area contributed by atoms with Crippen LogP contribution in [0, 0.1) is 5.92 Å². The second kappa shape index (κ2) is 7.80. The van der Waals surface area contributed by atoms with E-state index in [1.165, 1.54) is 58.0 Å². The average molecular weight is 330 g/mol. The second-order valence-electron chi connectivity index (χ2n) is 7.54. The maximum Gasteiger partial charge on any atom is 0.0623 e. The molecule has 3 atom stereocenters. The molecule has 0 bridgehead atoms. The van der Waals surface area contributed by atoms with Crippen LogP contribution in [0.15, 0.2) is 0 Å². The number of likely N-dealkylation sites (tertiary alicyclic amines) is 1. The Labute approximate surface area is 141 Å². The number of hydrogen-bond donors (Lipinski definition) is 2. The van der Waals surface area contributed by atoms with E-state index < -0.39 is 0 Å². The van der Waals surface area contributed by atoms with Crippen molar-refractivity contribution >= 4 is 12.4 Å². The molecule has 2 N–H and O–H groups in total. The standard InChI is InChI=1S/C17H31N3O.ClH/c1-2-15(17-12-21-11-8-18-17)16(3-1)19-13-6-9-20(10-7-13)14-4-5-14;/h13-19H,1-12H2;1H. The van der Waals surface area contributed by atoms with Crippen LogP contribution in [0.4, 0.5) is 0 Å². The Kier molecular flexibility index (Phi) is 6.02. The SMILES string of the molecule is C1CC(NC2CCN(C3CC3)CC2)C(C2COCCN2)C1.Cl. The fraction of sp³-hybridized carbons (Fsp3) is 1.00. The Morgan fingerprint density at radius 1 is 1.00 bits per heavy atom. The van der Waals surface area contributed by atoms with Crippen molar-refractivity contribution in [3.63, 3.8) is 0 Å². The van der Waals surface area contributed by atoms with E-state index in [9.17, 15) is 0 Å². The Morgan fingerprint density at radius 3 is 2.50 bits per heavy atom. The van der Waals surface area contributed by atoms with Crippen LogP contribution in [0.25, 0.3) is 0 Å². The Hall–Kier alpha value is 0.130. The van der Waals surface area contributed by atoms with Crippen LogP contribution in [0.5, 0.6) is 0 Å². The summed E-state index contributed by atoms with van der Waals surface area (Å²) in [6.45, 7) is 5.49. The van der Waals surface area contributed by atoms with Crippen molar-refractivity contribution in [2.45, 2.75) is 69.1 Å². The van der Waals surface area contributed by atoms with Crippen molar-refractivity contribution in [2.75, 3.05) is 32.8 Å². The fourth-order valence-electron chi connectivity index (χ4n) is 4.71. The van der Waals surface area contributed by atoms with Gasteiger partial charge in [-0.15, -0.1) is 12.4 Å². The Bertz CT molecular complexity index is 339. The minimum Gasteiger partial charge on any atom is -0.379 e. The molecule has 2 heterocycles. The van der Waals surface area contributed by atoms with Gasteiger partial charge in [0.15, 0.2) is 0 Å². The Morgan fingerprint density at radius 2 is 1.82 bits per heavy atom. The van der Waals surface area contributed by atoms with Crippen molar-refractivity contribution in [1.82, 2.24) is 15.5 Å². The van der Waals surface area contributed by atoms with Crippen LogP contribution in [-0.2, 0) is 4.74 Å². The molecule has 4 rings (SSSR count). The van der Waals surface area contributed by atoms with E-state index in [1.807, 2.05) is 0 Å². The van der Waals surface area contributed by atoms with Crippen molar-refractivity contribution in [2.24, 2.45) is 5.92 Å². The van der Waals surface area contributed by atoms with E-state index in [1.54, 1.807) is 0 Å². The lowest BCUT2D eigenvalue weighted by atomic mass is 9.92. The third kappa shape index (κ3) is 3.96. The van der Waals surface area contributed by atoms with Gasteiger partial charge in [-0.1, -0.05) is 6.42 Å². The first-order valence-electron chi connectivity index (χ1n) is 9.21. The molecular formula is C17H32ClN3O. The molecular weight excluding hydrogens is 298 g/mol. The average Bonchev–Trinajstić information content (AvgIpc) is 3.29. The monoisotopic (exact) mass is 329 g/mol. The van der Waals surface area contributed by atoms with Gasteiger partial charge in [-0.05, 0) is 57.5 Å². The van der Waals surface area contributed by atoms with Crippen LogP contribution in [0.2, 0.25) is 0 Å². The van der Waals surface area contributed by atoms with Gasteiger partial charge in [-0.25, -0.2) is 0 Å². The molecule has 0 aromatic rings. The number of nitrogens with zero attached hydrogens (tertiary/aromatic N) is 1. The molecule has 0 aromatic heterocycles. The molecule has 4 nitrogen and oxygen atoms in total. The van der Waals surface area contributed by atoms with E-state index >= 15 is 0 Å². The number of hydrogen-bond acceptors (Lipinski definition) is 4. The number of piperidine rings is 1. The van der Waals surface area contributed by atoms with Gasteiger partial charge in [0.1, 0.15) is 0 Å². The summed E-state index contributed by atoms with van der Waals surface area (Å²) in [5.74, 6) is 0.784. The molecule has 4 aliphatic rings. The predicted octanol–water partition coefficient (Wildman–Crippen LogP) is 1.78. The van der Waals surface area contributed by atoms with Crippen molar-refractivity contribution in [3.05, 3.63) is 0 Å². The summed E-state index contributed by atoms with van der Waals surface area (Å²) in [6.07, 6.45) is 9.75. The van der Waals surface area contributed by atoms with Crippen LogP contribution < -0.4 is 10.6 Å². The molecule has 3 unspecified atom stereocenters. The first-order chi connectivity index (χ1) is 10.4. The fourth-order valence-corrected chi connectivity index (χ4v) is 4.71. The minimum absolute atomic E-state index is 0. The highest BCUT2D eigenvalue weighted by atomic mass is 35.5. The van der Waals surface area contributed by atoms with E-state index in [-0.39, 0.29) is 12.4 Å². The zero-order valence-corrected chi connectivity index (χ0v) is 14.5. The normalized spacial score (nSPS) is 37.9. The molecule has 2 saturated carbocycles. The maximum absolute atomic E-state index is 5.68. The summed E-state index contributed by atoms with van der Waals surface area (Å²) in [5, 5.41) is 7.71. The molecule has 2 saturated heterocycles. The molecule has 2 aliphatic carbocycles. The lowest BCUT2D eigenvalue weighted by molar-refractivity contribution is 0.0505. The second-order valence-corrected chi connectivity index (χ2v) is 7.54. The zero-order chi connectivity index (χ0) is 14.1. The first kappa shape index (κ1) is 17.0. The predicted molar refractivity (Wildman–Crippen MR) is 91.7 cm³/mol. The van der Waals surface area contributed by atoms with Gasteiger partial charge in [0.2, 0.25) is 0 Å². The third-order valence-electron chi connectivity index (χ3n) is 6.08. The van der Waals surface area contributed by atoms with Gasteiger partial charge in [-0.3, -0.25) is 0 Å². The van der Waals surface area contributed by atoms with Crippen LogP contribution >= 0.6 is 12.4 Å². The van der Waals surface area contributed by atoms with E-state index in [0.29, 0.717) is 6.04 Å². The molecule has 0 aromatic carbocycles. The largest absolute Gasteiger partial charge is 0.379 e. The molecule has 0 spiro atoms. The molecule has 22 heavy (non-hydrogen) atoms. The number of ether oxygens (including phenoxy) is 1. The highest BCUT2D eigenvalue weighted by Crippen LogP contribution is 2.32. The number of halogens is 1. The van der Waals surface area contributed by atoms with Crippen LogP contribution in [0.3, 0.4) is 0 Å². The first-order valence-corrected chi connectivity index (χ1v) is 9.21. The molecule has 0 amide bonds. The molecule has 4 fully saturated rings. The van der Waals surface area contributed by atoms with E-state index in [2.05, 4.69) is 15.5 Å². The molecule has 128 valence electrons. The lowest BCUT2D eigenvalue weighted by Gasteiger charge is -2.37. The topological polar surface area (TPSA) is 36.5 Å². The molecule has 2 aliphatic heterocycles. The van der Waals surface area contributed by atoms with Crippen LogP contribution in [0.1, 0.15) is 44.9 Å². The summed E-state index contributed by atoms with van der Waals surface area (Å²) < 4.78 is 5.68. The van der Waals surface area contributed by atoms with Crippen molar-refractivity contribution in [1.29, 1.82) is 0 Å². The third-order valence-corrected chi connectivity index (χ3v) is 6.08. The van der Waals surface area contributed by atoms with Crippen molar-refractivity contribution in [3.8, 4) is 0 Å². The van der Waals surface area contributed by atoms with Gasteiger partial charge in [-0.2, -0.15) is 0 Å². The quantitative estimate of drug-likeness (QED) is 0.824. The summed E-state index contributed by atoms with van der Waals surface area (Å²) in [7, 11) is 0. The highest BCUT2D eigenvalue weighted by Gasteiger charge is 2.37. The number of rotatable bonds is 4. The highest BCUT2D eigenvalue weighted by molar-refractivity contribution is 5.85. The minimum atomic E-state index is 0. The smallest absolute Gasteiger partial charge is 0.0623 e. The van der Waals surface area contributed by atoms with Gasteiger partial charge in [0.05, 0.1) is 13.2 Å². The molecule has 5 heteroatoms. The summed E-state index contributed by atoms with van der Waals surface area (Å²) in [4.78, 5) is 2.72. The van der Waals surface area contributed by atoms with Crippen molar-refractivity contribution < 1.29 is 4.74 Å². The number of nitrogens with one attached hydrogen (secondary N) is 2. The number of morpholine rings is 1.